The van der Waals surface area contributed by atoms with Crippen LogP contribution in [0.2, 0.25) is 0 Å². The molecule has 2 aliphatic rings. The molecule has 2 amide bonds. The van der Waals surface area contributed by atoms with Gasteiger partial charge in [-0.3, -0.25) is 34.7 Å². The third-order valence-electron chi connectivity index (χ3n) is 6.50. The van der Waals surface area contributed by atoms with Gasteiger partial charge in [-0.1, -0.05) is 0 Å². The zero-order chi connectivity index (χ0) is 26.1. The van der Waals surface area contributed by atoms with Gasteiger partial charge in [0.05, 0.1) is 34.3 Å². The molecule has 0 fully saturated rings. The van der Waals surface area contributed by atoms with E-state index in [0.29, 0.717) is 24.5 Å². The smallest absolute Gasteiger partial charge is 0.271 e. The summed E-state index contributed by atoms with van der Waals surface area (Å²) in [4.78, 5) is 52.2. The molecule has 0 N–H and O–H groups in total. The summed E-state index contributed by atoms with van der Waals surface area (Å²) in [6.07, 6.45) is 0. The highest BCUT2D eigenvalue weighted by atomic mass is 35.5. The Morgan fingerprint density at radius 2 is 1.24 bits per heavy atom. The Labute approximate surface area is 228 Å². The fraction of sp³-hybridized carbons (Fsp3) is 0.391. The van der Waals surface area contributed by atoms with E-state index >= 15 is 0 Å². The minimum absolute atomic E-state index is 0. The first kappa shape index (κ1) is 28.6. The van der Waals surface area contributed by atoms with Crippen LogP contribution in [0.4, 0.5) is 22.7 Å². The van der Waals surface area contributed by atoms with Crippen LogP contribution in [0.5, 0.6) is 0 Å². The average molecular weight is 573 g/mol. The predicted molar refractivity (Wildman–Crippen MR) is 143 cm³/mol. The van der Waals surface area contributed by atoms with Gasteiger partial charge in [-0.25, -0.2) is 0 Å². The van der Waals surface area contributed by atoms with E-state index in [1.165, 1.54) is 34.1 Å². The lowest BCUT2D eigenvalue weighted by Gasteiger charge is -2.24. The first-order valence-electron chi connectivity index (χ1n) is 11.1. The number of carbonyl (C=O) groups is 2. The molecule has 0 bridgehead atoms. The molecule has 2 aromatic rings. The molecular weight excluding hydrogens is 549 g/mol. The van der Waals surface area contributed by atoms with Gasteiger partial charge in [0, 0.05) is 61.0 Å². The number of fused-ring (bicyclic) bond motifs is 2. The fourth-order valence-corrected chi connectivity index (χ4v) is 5.24. The number of halogens is 3. The standard InChI is InChI=1S/C23H23Cl2N5O6.ClH/c1-26(12-22(31)27-10-14(8-24)18-4-2-16(29(33)34)6-20(18)27)13-23(32)28-11-15(9-25)19-5-3-17(30(35)36)7-21(19)28;/h2-7,14-15H,8-13H2,1H3;1H. The number of carbonyl (C=O) groups excluding carboxylic acids is 2. The molecule has 2 aliphatic heterocycles. The number of hydrogen-bond acceptors (Lipinski definition) is 7. The van der Waals surface area contributed by atoms with E-state index in [9.17, 15) is 29.8 Å². The third kappa shape index (κ3) is 5.64. The number of nitrogens with zero attached hydrogens (tertiary/aromatic N) is 5. The molecule has 0 aromatic heterocycles. The van der Waals surface area contributed by atoms with Crippen molar-refractivity contribution < 1.29 is 19.4 Å². The fourth-order valence-electron chi connectivity index (χ4n) is 4.71. The van der Waals surface area contributed by atoms with Gasteiger partial charge >= 0.3 is 0 Å². The van der Waals surface area contributed by atoms with Crippen molar-refractivity contribution in [2.45, 2.75) is 11.8 Å². The molecule has 198 valence electrons. The zero-order valence-corrected chi connectivity index (χ0v) is 22.0. The molecule has 0 radical (unpaired) electrons. The number of hydrogen-bond donors (Lipinski definition) is 0. The molecule has 37 heavy (non-hydrogen) atoms. The molecule has 0 saturated carbocycles. The maximum atomic E-state index is 13.1. The minimum atomic E-state index is -0.520. The molecule has 0 spiro atoms. The van der Waals surface area contributed by atoms with Crippen LogP contribution in [-0.4, -0.2) is 71.5 Å². The highest BCUT2D eigenvalue weighted by Gasteiger charge is 2.36. The summed E-state index contributed by atoms with van der Waals surface area (Å²) in [5.41, 5.74) is 2.19. The summed E-state index contributed by atoms with van der Waals surface area (Å²) in [6.45, 7) is 0.358. The maximum Gasteiger partial charge on any atom is 0.271 e. The van der Waals surface area contributed by atoms with Gasteiger partial charge in [-0.15, -0.1) is 35.6 Å². The summed E-state index contributed by atoms with van der Waals surface area (Å²) in [6, 6.07) is 8.76. The van der Waals surface area contributed by atoms with Gasteiger partial charge in [0.25, 0.3) is 11.4 Å². The summed E-state index contributed by atoms with van der Waals surface area (Å²) < 4.78 is 0. The highest BCUT2D eigenvalue weighted by Crippen LogP contribution is 2.40. The molecule has 0 saturated heterocycles. The number of nitro groups is 2. The normalized spacial score (nSPS) is 17.8. The van der Waals surface area contributed by atoms with Crippen molar-refractivity contribution in [2.24, 2.45) is 0 Å². The van der Waals surface area contributed by atoms with Crippen LogP contribution < -0.4 is 9.80 Å². The monoisotopic (exact) mass is 571 g/mol. The van der Waals surface area contributed by atoms with Crippen molar-refractivity contribution in [1.82, 2.24) is 4.90 Å². The van der Waals surface area contributed by atoms with Gasteiger partial charge < -0.3 is 9.80 Å². The van der Waals surface area contributed by atoms with Crippen molar-refractivity contribution in [3.05, 3.63) is 67.8 Å². The largest absolute Gasteiger partial charge is 0.310 e. The Kier molecular flexibility index (Phi) is 8.96. The molecule has 0 aliphatic carbocycles. The lowest BCUT2D eigenvalue weighted by molar-refractivity contribution is -0.385. The van der Waals surface area contributed by atoms with E-state index in [0.717, 1.165) is 11.1 Å². The van der Waals surface area contributed by atoms with Crippen molar-refractivity contribution in [3.63, 3.8) is 0 Å². The number of nitro benzene ring substituents is 2. The Balaban J connectivity index is 0.00000380. The van der Waals surface area contributed by atoms with Crippen LogP contribution in [0.1, 0.15) is 23.0 Å². The van der Waals surface area contributed by atoms with Crippen molar-refractivity contribution >= 4 is 70.2 Å². The number of alkyl halides is 2. The van der Waals surface area contributed by atoms with Gasteiger partial charge in [0.15, 0.2) is 0 Å². The summed E-state index contributed by atoms with van der Waals surface area (Å²) in [7, 11) is 1.61. The first-order valence-corrected chi connectivity index (χ1v) is 12.2. The van der Waals surface area contributed by atoms with Crippen LogP contribution >= 0.6 is 35.6 Å². The Hall–Kier alpha value is -2.99. The van der Waals surface area contributed by atoms with Gasteiger partial charge in [-0.05, 0) is 30.3 Å². The van der Waals surface area contributed by atoms with Gasteiger partial charge in [-0.2, -0.15) is 0 Å². The molecule has 2 atom stereocenters. The number of anilines is 2. The molecule has 4 rings (SSSR count). The van der Waals surface area contributed by atoms with E-state index < -0.39 is 9.85 Å². The number of amides is 2. The minimum Gasteiger partial charge on any atom is -0.310 e. The molecule has 2 unspecified atom stereocenters. The summed E-state index contributed by atoms with van der Waals surface area (Å²) in [5, 5.41) is 22.4. The summed E-state index contributed by atoms with van der Waals surface area (Å²) >= 11 is 12.1. The number of non-ortho nitro benzene ring substituents is 2. The number of rotatable bonds is 8. The maximum absolute atomic E-state index is 13.1. The topological polar surface area (TPSA) is 130 Å². The zero-order valence-electron chi connectivity index (χ0n) is 19.7. The lowest BCUT2D eigenvalue weighted by atomic mass is 10.0. The van der Waals surface area contributed by atoms with E-state index in [-0.39, 0.29) is 72.3 Å². The Bertz CT molecular complexity index is 1150. The number of benzene rings is 2. The lowest BCUT2D eigenvalue weighted by Crippen LogP contribution is -2.43. The Morgan fingerprint density at radius 3 is 1.57 bits per heavy atom. The molecule has 11 nitrogen and oxygen atoms in total. The van der Waals surface area contributed by atoms with E-state index in [1.807, 2.05) is 0 Å². The van der Waals surface area contributed by atoms with Crippen molar-refractivity contribution in [1.29, 1.82) is 0 Å². The summed E-state index contributed by atoms with van der Waals surface area (Å²) in [5.74, 6) is -0.437. The second kappa shape index (κ2) is 11.6. The van der Waals surface area contributed by atoms with Gasteiger partial charge in [0.1, 0.15) is 0 Å². The van der Waals surface area contributed by atoms with E-state index in [1.54, 1.807) is 24.1 Å². The van der Waals surface area contributed by atoms with Crippen LogP contribution in [-0.2, 0) is 9.59 Å². The second-order valence-electron chi connectivity index (χ2n) is 8.88. The second-order valence-corrected chi connectivity index (χ2v) is 9.50. The number of likely N-dealkylation sites (N-methyl/N-ethyl adjacent to an activating group) is 1. The molecule has 14 heteroatoms. The third-order valence-corrected chi connectivity index (χ3v) is 7.25. The molecule has 2 aromatic carbocycles. The van der Waals surface area contributed by atoms with E-state index in [2.05, 4.69) is 0 Å². The van der Waals surface area contributed by atoms with Gasteiger partial charge in [0.2, 0.25) is 11.8 Å². The van der Waals surface area contributed by atoms with Crippen molar-refractivity contribution in [3.8, 4) is 0 Å². The quantitative estimate of drug-likeness (QED) is 0.266. The van der Waals surface area contributed by atoms with Crippen LogP contribution in [0.15, 0.2) is 36.4 Å². The predicted octanol–water partition coefficient (Wildman–Crippen LogP) is 3.89. The van der Waals surface area contributed by atoms with Crippen molar-refractivity contribution in [2.75, 3.05) is 54.8 Å². The van der Waals surface area contributed by atoms with E-state index in [4.69, 9.17) is 23.2 Å². The highest BCUT2D eigenvalue weighted by molar-refractivity contribution is 6.19. The van der Waals surface area contributed by atoms with Crippen LogP contribution in [0, 0.1) is 20.2 Å². The van der Waals surface area contributed by atoms with Crippen LogP contribution in [0.25, 0.3) is 0 Å². The Morgan fingerprint density at radius 1 is 0.865 bits per heavy atom. The molecular formula is C23H24Cl3N5O6. The van der Waals surface area contributed by atoms with Crippen LogP contribution in [0.3, 0.4) is 0 Å². The molecule has 2 heterocycles. The first-order chi connectivity index (χ1) is 17.1. The SMILES string of the molecule is CN(CC(=O)N1CC(CCl)c2ccc([N+](=O)[O-])cc21)CC(=O)N1CC(CCl)c2ccc([N+](=O)[O-])cc21.Cl. The average Bonchev–Trinajstić information content (AvgIpc) is 3.41.